The van der Waals surface area contributed by atoms with Crippen molar-refractivity contribution in [2.24, 2.45) is 0 Å². The zero-order valence-electron chi connectivity index (χ0n) is 14.6. The van der Waals surface area contributed by atoms with Crippen molar-refractivity contribution in [3.8, 4) is 5.75 Å². The van der Waals surface area contributed by atoms with Crippen molar-refractivity contribution in [1.29, 1.82) is 0 Å². The molecule has 2 aromatic carbocycles. The lowest BCUT2D eigenvalue weighted by Crippen LogP contribution is -2.09. The number of aliphatic hydroxyl groups is 1. The van der Waals surface area contributed by atoms with Gasteiger partial charge in [0.05, 0.1) is 18.0 Å². The fourth-order valence-corrected chi connectivity index (χ4v) is 2.98. The normalized spacial score (nSPS) is 11.6. The van der Waals surface area contributed by atoms with E-state index in [2.05, 4.69) is 0 Å². The number of carbonyl (C=O) groups excluding carboxylic acids is 1. The molecule has 1 aromatic heterocycles. The number of ether oxygens (including phenoxy) is 1. The molecule has 3 rings (SSSR count). The third-order valence-corrected chi connectivity index (χ3v) is 4.12. The molecule has 3 aromatic rings. The first-order valence-electron chi connectivity index (χ1n) is 8.09. The van der Waals surface area contributed by atoms with E-state index < -0.39 is 29.1 Å². The molecule has 0 bridgehead atoms. The molecule has 0 saturated carbocycles. The highest BCUT2D eigenvalue weighted by Crippen LogP contribution is 2.34. The molecule has 0 unspecified atom stereocenters. The summed E-state index contributed by atoms with van der Waals surface area (Å²) in [6.45, 7) is 0.0680. The van der Waals surface area contributed by atoms with Crippen LogP contribution in [0.15, 0.2) is 48.7 Å². The Morgan fingerprint density at radius 2 is 1.82 bits per heavy atom. The number of rotatable bonds is 6. The summed E-state index contributed by atoms with van der Waals surface area (Å²) in [5.74, 6) is -4.64. The molecule has 28 heavy (non-hydrogen) atoms. The summed E-state index contributed by atoms with van der Waals surface area (Å²) in [5, 5.41) is 19.5. The van der Waals surface area contributed by atoms with Crippen molar-refractivity contribution in [2.45, 2.75) is 6.54 Å². The van der Waals surface area contributed by atoms with Crippen LogP contribution in [0.2, 0.25) is 0 Å². The van der Waals surface area contributed by atoms with Gasteiger partial charge >= 0.3 is 5.97 Å². The van der Waals surface area contributed by atoms with Gasteiger partial charge in [0.2, 0.25) is 0 Å². The summed E-state index contributed by atoms with van der Waals surface area (Å²) in [6.07, 6.45) is 2.05. The predicted octanol–water partition coefficient (Wildman–Crippen LogP) is 3.53. The number of methoxy groups -OCH3 is 1. The van der Waals surface area contributed by atoms with Crippen molar-refractivity contribution in [1.82, 2.24) is 4.57 Å². The molecule has 0 spiro atoms. The zero-order valence-corrected chi connectivity index (χ0v) is 14.6. The van der Waals surface area contributed by atoms with Gasteiger partial charge in [0.1, 0.15) is 23.1 Å². The number of aromatic nitrogens is 1. The quantitative estimate of drug-likeness (QED) is 0.384. The number of carboxylic acid groups (broad SMARTS) is 1. The largest absolute Gasteiger partial charge is 0.507 e. The molecular weight excluding hydrogens is 372 g/mol. The third-order valence-electron chi connectivity index (χ3n) is 4.12. The monoisotopic (exact) mass is 387 g/mol. The van der Waals surface area contributed by atoms with Gasteiger partial charge in [-0.15, -0.1) is 0 Å². The highest BCUT2D eigenvalue weighted by molar-refractivity contribution is 6.38. The Labute approximate surface area is 157 Å². The minimum absolute atomic E-state index is 0.0680. The number of halogens is 2. The number of hydrogen-bond donors (Lipinski definition) is 2. The van der Waals surface area contributed by atoms with Crippen LogP contribution in [-0.2, 0) is 16.1 Å². The number of benzene rings is 2. The van der Waals surface area contributed by atoms with Gasteiger partial charge in [-0.05, 0) is 29.8 Å². The van der Waals surface area contributed by atoms with Crippen molar-refractivity contribution in [2.75, 3.05) is 7.11 Å². The molecule has 0 fully saturated rings. The molecule has 0 atom stereocenters. The van der Waals surface area contributed by atoms with Gasteiger partial charge in [-0.3, -0.25) is 4.79 Å². The Balaban J connectivity index is 2.17. The van der Waals surface area contributed by atoms with Gasteiger partial charge in [-0.1, -0.05) is 6.07 Å². The lowest BCUT2D eigenvalue weighted by molar-refractivity contribution is -0.146. The van der Waals surface area contributed by atoms with E-state index in [1.165, 1.54) is 25.4 Å². The number of hydrogen-bond acceptors (Lipinski definition) is 4. The van der Waals surface area contributed by atoms with E-state index in [4.69, 9.17) is 9.84 Å². The number of aliphatic hydroxyl groups excluding tert-OH is 1. The summed E-state index contributed by atoms with van der Waals surface area (Å²) in [7, 11) is 1.42. The number of fused-ring (bicyclic) bond motifs is 1. The van der Waals surface area contributed by atoms with Crippen molar-refractivity contribution < 1.29 is 33.3 Å². The molecule has 1 heterocycles. The van der Waals surface area contributed by atoms with E-state index in [1.807, 2.05) is 0 Å². The third kappa shape index (κ3) is 3.71. The summed E-state index contributed by atoms with van der Waals surface area (Å²) in [6, 6.07) is 8.14. The number of ketones is 1. The Bertz CT molecular complexity index is 1100. The lowest BCUT2D eigenvalue weighted by atomic mass is 10.1. The van der Waals surface area contributed by atoms with Crippen molar-refractivity contribution >= 4 is 28.4 Å². The second kappa shape index (κ2) is 7.51. The molecule has 0 aliphatic heterocycles. The fraction of sp³-hybridized carbons (Fsp3) is 0.100. The molecule has 0 aliphatic rings. The molecule has 0 amide bonds. The highest BCUT2D eigenvalue weighted by Gasteiger charge is 2.18. The number of carbonyl (C=O) groups is 2. The molecule has 6 nitrogen and oxygen atoms in total. The minimum Gasteiger partial charge on any atom is -0.507 e. The molecule has 8 heteroatoms. The molecule has 0 saturated heterocycles. The van der Waals surface area contributed by atoms with Crippen LogP contribution in [0.4, 0.5) is 8.78 Å². The van der Waals surface area contributed by atoms with Gasteiger partial charge in [0.15, 0.2) is 0 Å². The topological polar surface area (TPSA) is 88.8 Å². The lowest BCUT2D eigenvalue weighted by Gasteiger charge is -2.07. The standard InChI is InChI=1S/C20H15F2NO5/c1-28-18-4-2-3-15-19(18)14(16(24)8-17(25)20(26)27)10-23(15)9-11-5-12(21)7-13(22)6-11/h2-8,10,24H,9H2,1H3,(H,26,27)/b16-8-. The number of aliphatic carboxylic acids is 1. The smallest absolute Gasteiger partial charge is 0.376 e. The Morgan fingerprint density at radius 1 is 1.14 bits per heavy atom. The SMILES string of the molecule is COc1cccc2c1c(/C(O)=C/C(=O)C(=O)O)cn2Cc1cc(F)cc(F)c1. The van der Waals surface area contributed by atoms with E-state index >= 15 is 0 Å². The highest BCUT2D eigenvalue weighted by atomic mass is 19.1. The van der Waals surface area contributed by atoms with Crippen LogP contribution in [0.25, 0.3) is 16.7 Å². The number of nitrogens with zero attached hydrogens (tertiary/aromatic N) is 1. The minimum atomic E-state index is -1.71. The predicted molar refractivity (Wildman–Crippen MR) is 97.2 cm³/mol. The Morgan fingerprint density at radius 3 is 2.43 bits per heavy atom. The van der Waals surface area contributed by atoms with E-state index in [9.17, 15) is 23.5 Å². The summed E-state index contributed by atoms with van der Waals surface area (Å²) in [4.78, 5) is 22.2. The van der Waals surface area contributed by atoms with Crippen LogP contribution >= 0.6 is 0 Å². The average molecular weight is 387 g/mol. The van der Waals surface area contributed by atoms with E-state index in [0.29, 0.717) is 28.3 Å². The van der Waals surface area contributed by atoms with Crippen LogP contribution in [0.3, 0.4) is 0 Å². The van der Waals surface area contributed by atoms with E-state index in [0.717, 1.165) is 6.07 Å². The average Bonchev–Trinajstić information content (AvgIpc) is 2.99. The maximum atomic E-state index is 13.5. The van der Waals surface area contributed by atoms with Crippen LogP contribution < -0.4 is 4.74 Å². The summed E-state index contributed by atoms with van der Waals surface area (Å²) < 4.78 is 33.9. The van der Waals surface area contributed by atoms with Crippen molar-refractivity contribution in [3.05, 3.63) is 71.4 Å². The van der Waals surface area contributed by atoms with Gasteiger partial charge in [0.25, 0.3) is 5.78 Å². The molecule has 2 N–H and O–H groups in total. The zero-order chi connectivity index (χ0) is 20.4. The maximum absolute atomic E-state index is 13.5. The maximum Gasteiger partial charge on any atom is 0.376 e. The van der Waals surface area contributed by atoms with Gasteiger partial charge in [0, 0.05) is 30.4 Å². The molecule has 144 valence electrons. The number of carboxylic acids is 1. The van der Waals surface area contributed by atoms with Crippen LogP contribution in [0, 0.1) is 11.6 Å². The second-order valence-corrected chi connectivity index (χ2v) is 6.00. The first kappa shape index (κ1) is 19.1. The van der Waals surface area contributed by atoms with E-state index in [1.54, 1.807) is 22.8 Å². The fourth-order valence-electron chi connectivity index (χ4n) is 2.98. The Hall–Kier alpha value is -3.68. The summed E-state index contributed by atoms with van der Waals surface area (Å²) in [5.41, 5.74) is 1.05. The van der Waals surface area contributed by atoms with Crippen LogP contribution in [-0.4, -0.2) is 33.6 Å². The second-order valence-electron chi connectivity index (χ2n) is 6.00. The van der Waals surface area contributed by atoms with E-state index in [-0.39, 0.29) is 12.1 Å². The molecule has 0 aliphatic carbocycles. The first-order chi connectivity index (χ1) is 13.3. The van der Waals surface area contributed by atoms with Gasteiger partial charge in [-0.2, -0.15) is 0 Å². The van der Waals surface area contributed by atoms with Crippen LogP contribution in [0.1, 0.15) is 11.1 Å². The molecular formula is C20H15F2NO5. The van der Waals surface area contributed by atoms with Crippen molar-refractivity contribution in [3.63, 3.8) is 0 Å². The van der Waals surface area contributed by atoms with Gasteiger partial charge < -0.3 is 19.5 Å². The van der Waals surface area contributed by atoms with Gasteiger partial charge in [-0.25, -0.2) is 13.6 Å². The first-order valence-corrected chi connectivity index (χ1v) is 8.09. The van der Waals surface area contributed by atoms with Crippen LogP contribution in [0.5, 0.6) is 5.75 Å². The molecule has 0 radical (unpaired) electrons. The Kier molecular flexibility index (Phi) is 5.12. The summed E-state index contributed by atoms with van der Waals surface area (Å²) >= 11 is 0.